The Morgan fingerprint density at radius 1 is 0.708 bits per heavy atom. The van der Waals surface area contributed by atoms with Crippen LogP contribution < -0.4 is 32.3 Å². The first-order valence-corrected chi connectivity index (χ1v) is 22.8. The molecular formula is C39H54N10O14P2. The topological polar surface area (TPSA) is 346 Å². The molecule has 4 heterocycles. The molecule has 0 amide bonds. The Kier molecular flexibility index (Phi) is 17.7. The van der Waals surface area contributed by atoms with E-state index in [1.807, 2.05) is 0 Å². The molecule has 24 nitrogen and oxygen atoms in total. The van der Waals surface area contributed by atoms with Crippen molar-refractivity contribution in [1.82, 2.24) is 39.0 Å². The minimum atomic E-state index is -4.19. The largest absolute Gasteiger partial charge is 0.461 e. The molecule has 0 spiro atoms. The lowest BCUT2D eigenvalue weighted by Gasteiger charge is -2.18. The first kappa shape index (κ1) is 51.7. The van der Waals surface area contributed by atoms with Gasteiger partial charge in [-0.1, -0.05) is 56.0 Å². The van der Waals surface area contributed by atoms with Crippen molar-refractivity contribution in [2.75, 3.05) is 58.9 Å². The number of methoxy groups -OCH3 is 2. The molecule has 26 heteroatoms. The molecule has 0 aliphatic heterocycles. The molecule has 9 N–H and O–H groups in total. The molecule has 2 aromatic carbocycles. The van der Waals surface area contributed by atoms with Crippen molar-refractivity contribution in [2.45, 2.75) is 53.6 Å². The van der Waals surface area contributed by atoms with Crippen molar-refractivity contribution in [2.24, 2.45) is 5.41 Å². The average molecular weight is 949 g/mol. The molecule has 0 saturated heterocycles. The molecule has 0 fully saturated rings. The van der Waals surface area contributed by atoms with Gasteiger partial charge in [-0.3, -0.25) is 27.6 Å². The van der Waals surface area contributed by atoms with Crippen LogP contribution in [0.2, 0.25) is 0 Å². The van der Waals surface area contributed by atoms with Gasteiger partial charge in [-0.25, -0.2) is 9.59 Å². The molecule has 354 valence electrons. The van der Waals surface area contributed by atoms with Crippen LogP contribution in [0.1, 0.15) is 50.5 Å². The highest BCUT2D eigenvalue weighted by Crippen LogP contribution is 2.46. The van der Waals surface area contributed by atoms with Gasteiger partial charge in [-0.2, -0.15) is 19.9 Å². The van der Waals surface area contributed by atoms with Gasteiger partial charge in [0, 0.05) is 14.2 Å². The van der Waals surface area contributed by atoms with E-state index in [1.54, 1.807) is 69.3 Å². The molecule has 1 unspecified atom stereocenters. The zero-order valence-corrected chi connectivity index (χ0v) is 37.3. The number of rotatable bonds is 19. The Labute approximate surface area is 371 Å². The maximum atomic E-state index is 12.6. The van der Waals surface area contributed by atoms with Gasteiger partial charge >= 0.3 is 44.6 Å². The molecule has 0 aliphatic rings. The second kappa shape index (κ2) is 22.3. The summed E-state index contributed by atoms with van der Waals surface area (Å²) in [7, 11) is -5.23. The number of anilines is 2. The number of esters is 1. The molecule has 65 heavy (non-hydrogen) atoms. The monoisotopic (exact) mass is 948 g/mol. The lowest BCUT2D eigenvalue weighted by molar-refractivity contribution is -0.159. The Morgan fingerprint density at radius 2 is 1.14 bits per heavy atom. The normalized spacial score (nSPS) is 12.6. The Morgan fingerprint density at radius 3 is 1.55 bits per heavy atom. The number of nitrogens with two attached hydrogens (primary N) is 2. The van der Waals surface area contributed by atoms with E-state index in [0.29, 0.717) is 35.5 Å². The van der Waals surface area contributed by atoms with E-state index >= 15 is 0 Å². The third kappa shape index (κ3) is 14.8. The van der Waals surface area contributed by atoms with Crippen molar-refractivity contribution >= 4 is 55.1 Å². The van der Waals surface area contributed by atoms with E-state index in [-0.39, 0.29) is 92.0 Å². The summed E-state index contributed by atoms with van der Waals surface area (Å²) < 4.78 is 56.9. The SMILES string of the molecule is C.COCCOc1nc(N)c2[nH]c(=O)n(Cc3cccc(CP(=O)(O)O)c3)c2n1.COCCOc1nc(N)c2[nH]c(=O)n(Cc3cccc(CP(=O)(O)OCOC(=O)C(C)(C)C)c3)c2n1. The van der Waals surface area contributed by atoms with Gasteiger partial charge in [0.05, 0.1) is 44.0 Å². The number of nitrogens with one attached hydrogen (secondary N) is 2. The van der Waals surface area contributed by atoms with E-state index in [9.17, 15) is 28.4 Å². The Hall–Kier alpha value is -5.97. The van der Waals surface area contributed by atoms with E-state index in [2.05, 4.69) is 29.9 Å². The highest BCUT2D eigenvalue weighted by atomic mass is 31.2. The number of carbonyl (C=O) groups excluding carboxylic acids is 1. The number of ether oxygens (including phenoxy) is 5. The first-order chi connectivity index (χ1) is 30.2. The molecule has 0 aliphatic carbocycles. The zero-order valence-electron chi connectivity index (χ0n) is 35.5. The number of H-pyrrole nitrogens is 2. The van der Waals surface area contributed by atoms with Crippen LogP contribution in [0.5, 0.6) is 12.0 Å². The molecular weight excluding hydrogens is 894 g/mol. The van der Waals surface area contributed by atoms with Crippen molar-refractivity contribution < 1.29 is 56.8 Å². The van der Waals surface area contributed by atoms with Gasteiger partial charge < -0.3 is 59.8 Å². The van der Waals surface area contributed by atoms with Gasteiger partial charge in [0.1, 0.15) is 24.2 Å². The van der Waals surface area contributed by atoms with E-state index in [0.717, 1.165) is 0 Å². The van der Waals surface area contributed by atoms with Crippen LogP contribution in [0, 0.1) is 5.41 Å². The Balaban J connectivity index is 0.000000288. The Bertz CT molecular complexity index is 2800. The molecule has 0 radical (unpaired) electrons. The molecule has 1 atom stereocenters. The number of fused-ring (bicyclic) bond motifs is 2. The fourth-order valence-electron chi connectivity index (χ4n) is 5.83. The number of hydrogen-bond acceptors (Lipinski definition) is 17. The average Bonchev–Trinajstić information content (AvgIpc) is 3.69. The molecule has 6 rings (SSSR count). The number of nitrogen functional groups attached to an aromatic ring is 2. The predicted molar refractivity (Wildman–Crippen MR) is 238 cm³/mol. The fraction of sp³-hybridized carbons (Fsp3) is 0.410. The summed E-state index contributed by atoms with van der Waals surface area (Å²) >= 11 is 0. The van der Waals surface area contributed by atoms with E-state index in [4.69, 9.17) is 49.5 Å². The van der Waals surface area contributed by atoms with Crippen LogP contribution in [-0.2, 0) is 58.1 Å². The lowest BCUT2D eigenvalue weighted by atomic mass is 9.98. The minimum Gasteiger partial charge on any atom is -0.461 e. The molecule has 0 bridgehead atoms. The fourth-order valence-corrected chi connectivity index (χ4v) is 7.47. The predicted octanol–water partition coefficient (Wildman–Crippen LogP) is 3.11. The minimum absolute atomic E-state index is 0. The highest BCUT2D eigenvalue weighted by molar-refractivity contribution is 7.52. The molecule has 6 aromatic rings. The summed E-state index contributed by atoms with van der Waals surface area (Å²) in [6.45, 7) is 5.67. The van der Waals surface area contributed by atoms with Crippen LogP contribution in [0.4, 0.5) is 11.6 Å². The summed E-state index contributed by atoms with van der Waals surface area (Å²) in [5.74, 6) is -0.420. The number of imidazole rings is 2. The summed E-state index contributed by atoms with van der Waals surface area (Å²) in [5, 5.41) is 0. The third-order valence-corrected chi connectivity index (χ3v) is 10.8. The van der Waals surface area contributed by atoms with Gasteiger partial charge in [0.2, 0.25) is 6.79 Å². The second-order valence-corrected chi connectivity index (χ2v) is 18.6. The molecule has 4 aromatic heterocycles. The van der Waals surface area contributed by atoms with Crippen LogP contribution >= 0.6 is 15.2 Å². The van der Waals surface area contributed by atoms with Crippen molar-refractivity contribution in [3.63, 3.8) is 0 Å². The van der Waals surface area contributed by atoms with E-state index in [1.165, 1.54) is 23.4 Å². The van der Waals surface area contributed by atoms with Gasteiger partial charge in [0.25, 0.3) is 0 Å². The van der Waals surface area contributed by atoms with Crippen molar-refractivity contribution in [3.8, 4) is 12.0 Å². The van der Waals surface area contributed by atoms with Crippen LogP contribution in [0.25, 0.3) is 22.3 Å². The quantitative estimate of drug-likeness (QED) is 0.0265. The van der Waals surface area contributed by atoms with Crippen LogP contribution in [0.15, 0.2) is 58.1 Å². The van der Waals surface area contributed by atoms with Crippen molar-refractivity contribution in [3.05, 3.63) is 91.8 Å². The summed E-state index contributed by atoms with van der Waals surface area (Å²) in [6, 6.07) is 13.4. The number of nitrogens with zero attached hydrogens (tertiary/aromatic N) is 6. The van der Waals surface area contributed by atoms with Crippen LogP contribution in [-0.4, -0.2) is 107 Å². The zero-order chi connectivity index (χ0) is 46.8. The summed E-state index contributed by atoms with van der Waals surface area (Å²) in [4.78, 5) is 87.1. The second-order valence-electron chi connectivity index (χ2n) is 15.1. The van der Waals surface area contributed by atoms with Crippen molar-refractivity contribution in [1.29, 1.82) is 0 Å². The number of aromatic amines is 2. The number of aromatic nitrogens is 8. The number of benzene rings is 2. The van der Waals surface area contributed by atoms with Gasteiger partial charge in [-0.15, -0.1) is 0 Å². The third-order valence-electron chi connectivity index (χ3n) is 8.79. The van der Waals surface area contributed by atoms with Gasteiger partial charge in [-0.05, 0) is 43.0 Å². The summed E-state index contributed by atoms with van der Waals surface area (Å²) in [6.07, 6.45) is -0.695. The number of hydrogen-bond donors (Lipinski definition) is 7. The van der Waals surface area contributed by atoms with Crippen LogP contribution in [0.3, 0.4) is 0 Å². The molecule has 0 saturated carbocycles. The van der Waals surface area contributed by atoms with E-state index < -0.39 is 44.7 Å². The van der Waals surface area contributed by atoms with Gasteiger partial charge in [0.15, 0.2) is 22.9 Å². The maximum Gasteiger partial charge on any atom is 0.335 e. The lowest BCUT2D eigenvalue weighted by Crippen LogP contribution is -2.23. The number of carbonyl (C=O) groups is 1. The first-order valence-electron chi connectivity index (χ1n) is 19.3. The maximum absolute atomic E-state index is 12.6. The highest BCUT2D eigenvalue weighted by Gasteiger charge is 2.26. The summed E-state index contributed by atoms with van der Waals surface area (Å²) in [5.41, 5.74) is 13.6. The standard InChI is InChI=1S/C22H30N5O8P.C16H20N5O6P.CH4/c1-22(2,3)19(28)34-13-35-36(30,31)12-15-7-5-6-14(10-15)11-27-18-16(24-21(27)29)17(23)25-20(26-18)33-9-8-32-4;1-26-5-6-27-15-19-13(17)12-14(20-15)21(16(22)18-12)8-10-3-2-4-11(7-10)9-28(23,24)25;/h5-7,10H,8-9,11-13H2,1-4H3,(H,24,29)(H,30,31)(H2,23,25,26);2-4,7H,5-6,8-9H2,1H3,(H,18,22)(H2,17,19,20)(H2,23,24,25);1H4. The smallest absolute Gasteiger partial charge is 0.335 e.